The van der Waals surface area contributed by atoms with Gasteiger partial charge in [-0.1, -0.05) is 23.7 Å². The monoisotopic (exact) mass is 381 g/mol. The van der Waals surface area contributed by atoms with Crippen molar-refractivity contribution in [1.29, 1.82) is 0 Å². The Balaban J connectivity index is 1.57. The predicted octanol–water partition coefficient (Wildman–Crippen LogP) is 4.46. The van der Waals surface area contributed by atoms with E-state index in [9.17, 15) is 4.79 Å². The van der Waals surface area contributed by atoms with Crippen molar-refractivity contribution in [3.05, 3.63) is 83.0 Å². The summed E-state index contributed by atoms with van der Waals surface area (Å²) in [6, 6.07) is 18.5. The Morgan fingerprint density at radius 3 is 2.67 bits per heavy atom. The summed E-state index contributed by atoms with van der Waals surface area (Å²) in [6.07, 6.45) is 2.33. The van der Waals surface area contributed by atoms with Crippen LogP contribution in [-0.2, 0) is 6.42 Å². The molecule has 0 bridgehead atoms. The molecule has 27 heavy (non-hydrogen) atoms. The van der Waals surface area contributed by atoms with E-state index >= 15 is 0 Å². The summed E-state index contributed by atoms with van der Waals surface area (Å²) < 4.78 is 5.14. The summed E-state index contributed by atoms with van der Waals surface area (Å²) in [5, 5.41) is 6.79. The van der Waals surface area contributed by atoms with E-state index in [-0.39, 0.29) is 5.91 Å². The zero-order valence-electron chi connectivity index (χ0n) is 14.9. The van der Waals surface area contributed by atoms with Crippen molar-refractivity contribution < 1.29 is 9.53 Å². The number of hydrogen-bond acceptors (Lipinski definition) is 4. The lowest BCUT2D eigenvalue weighted by Gasteiger charge is -2.09. The van der Waals surface area contributed by atoms with Gasteiger partial charge in [-0.05, 0) is 60.5 Å². The molecular weight excluding hydrogens is 362 g/mol. The summed E-state index contributed by atoms with van der Waals surface area (Å²) in [5.74, 6) is 1.24. The van der Waals surface area contributed by atoms with Crippen LogP contribution in [0.5, 0.6) is 5.75 Å². The summed E-state index contributed by atoms with van der Waals surface area (Å²) in [4.78, 5) is 16.6. The first-order chi connectivity index (χ1) is 13.1. The van der Waals surface area contributed by atoms with Gasteiger partial charge >= 0.3 is 0 Å². The molecule has 0 fully saturated rings. The molecule has 2 N–H and O–H groups in total. The number of aromatic nitrogens is 1. The highest BCUT2D eigenvalue weighted by Gasteiger charge is 2.07. The summed E-state index contributed by atoms with van der Waals surface area (Å²) in [7, 11) is 1.62. The Morgan fingerprint density at radius 1 is 1.11 bits per heavy atom. The molecule has 1 aromatic heterocycles. The molecule has 0 radical (unpaired) electrons. The van der Waals surface area contributed by atoms with Gasteiger partial charge < -0.3 is 15.4 Å². The van der Waals surface area contributed by atoms with Crippen LogP contribution < -0.4 is 15.4 Å². The average Bonchev–Trinajstić information content (AvgIpc) is 2.69. The summed E-state index contributed by atoms with van der Waals surface area (Å²) >= 11 is 5.97. The van der Waals surface area contributed by atoms with Crippen LogP contribution in [0.25, 0.3) is 0 Å². The van der Waals surface area contributed by atoms with Crippen LogP contribution in [0.1, 0.15) is 15.9 Å². The van der Waals surface area contributed by atoms with Gasteiger partial charge in [0.05, 0.1) is 7.11 Å². The molecule has 138 valence electrons. The zero-order valence-corrected chi connectivity index (χ0v) is 15.7. The minimum absolute atomic E-state index is 0.141. The lowest BCUT2D eigenvalue weighted by atomic mass is 10.1. The number of anilines is 2. The van der Waals surface area contributed by atoms with Gasteiger partial charge in [-0.3, -0.25) is 4.79 Å². The molecule has 6 heteroatoms. The van der Waals surface area contributed by atoms with E-state index in [4.69, 9.17) is 16.3 Å². The van der Waals surface area contributed by atoms with Crippen molar-refractivity contribution in [2.75, 3.05) is 19.0 Å². The number of nitrogens with one attached hydrogen (secondary N) is 2. The van der Waals surface area contributed by atoms with Crippen LogP contribution in [0.2, 0.25) is 5.02 Å². The van der Waals surface area contributed by atoms with E-state index in [0.717, 1.165) is 17.0 Å². The molecule has 2 aromatic carbocycles. The van der Waals surface area contributed by atoms with Crippen molar-refractivity contribution in [1.82, 2.24) is 10.3 Å². The van der Waals surface area contributed by atoms with E-state index in [1.54, 1.807) is 25.4 Å². The molecule has 1 amide bonds. The Hall–Kier alpha value is -3.05. The Bertz CT molecular complexity index is 913. The number of carbonyl (C=O) groups is 1. The number of ether oxygens (including phenoxy) is 1. The van der Waals surface area contributed by atoms with Gasteiger partial charge in [0, 0.05) is 29.0 Å². The van der Waals surface area contributed by atoms with Gasteiger partial charge in [-0.25, -0.2) is 4.98 Å². The highest BCUT2D eigenvalue weighted by molar-refractivity contribution is 6.30. The number of pyridine rings is 1. The lowest BCUT2D eigenvalue weighted by Crippen LogP contribution is -2.25. The molecule has 5 nitrogen and oxygen atoms in total. The zero-order chi connectivity index (χ0) is 19.1. The number of halogens is 1. The van der Waals surface area contributed by atoms with Gasteiger partial charge in [0.2, 0.25) is 0 Å². The topological polar surface area (TPSA) is 63.2 Å². The Kier molecular flexibility index (Phi) is 6.28. The molecule has 3 aromatic rings. The lowest BCUT2D eigenvalue weighted by molar-refractivity contribution is 0.0954. The van der Waals surface area contributed by atoms with E-state index < -0.39 is 0 Å². The van der Waals surface area contributed by atoms with Crippen LogP contribution in [0.15, 0.2) is 66.9 Å². The minimum atomic E-state index is -0.141. The fraction of sp³-hybridized carbons (Fsp3) is 0.143. The number of methoxy groups -OCH3 is 1. The second kappa shape index (κ2) is 9.05. The third kappa shape index (κ3) is 5.46. The molecule has 0 atom stereocenters. The number of amides is 1. The molecule has 3 rings (SSSR count). The number of benzene rings is 2. The number of nitrogens with zero attached hydrogens (tertiary/aromatic N) is 1. The maximum atomic E-state index is 12.4. The highest BCUT2D eigenvalue weighted by Crippen LogP contribution is 2.19. The maximum Gasteiger partial charge on any atom is 0.251 e. The molecule has 0 aliphatic rings. The normalized spacial score (nSPS) is 10.3. The fourth-order valence-electron chi connectivity index (χ4n) is 2.58. The first-order valence-corrected chi connectivity index (χ1v) is 8.91. The van der Waals surface area contributed by atoms with Gasteiger partial charge in [0.1, 0.15) is 11.6 Å². The molecule has 0 unspecified atom stereocenters. The average molecular weight is 382 g/mol. The van der Waals surface area contributed by atoms with E-state index in [1.165, 1.54) is 0 Å². The number of rotatable bonds is 7. The van der Waals surface area contributed by atoms with Crippen LogP contribution in [0, 0.1) is 0 Å². The van der Waals surface area contributed by atoms with Crippen molar-refractivity contribution in [3.8, 4) is 5.75 Å². The van der Waals surface area contributed by atoms with Crippen molar-refractivity contribution >= 4 is 29.0 Å². The smallest absolute Gasteiger partial charge is 0.251 e. The predicted molar refractivity (Wildman–Crippen MR) is 108 cm³/mol. The van der Waals surface area contributed by atoms with Gasteiger partial charge in [0.25, 0.3) is 5.91 Å². The summed E-state index contributed by atoms with van der Waals surface area (Å²) in [5.41, 5.74) is 2.49. The van der Waals surface area contributed by atoms with Crippen LogP contribution in [0.3, 0.4) is 0 Å². The van der Waals surface area contributed by atoms with E-state index in [0.29, 0.717) is 29.4 Å². The van der Waals surface area contributed by atoms with E-state index in [2.05, 4.69) is 15.6 Å². The number of hydrogen-bond donors (Lipinski definition) is 2. The molecule has 0 saturated heterocycles. The third-order valence-corrected chi connectivity index (χ3v) is 4.21. The number of carbonyl (C=O) groups excluding carboxylic acids is 1. The van der Waals surface area contributed by atoms with Crippen LogP contribution in [0.4, 0.5) is 11.5 Å². The van der Waals surface area contributed by atoms with Crippen molar-refractivity contribution in [2.45, 2.75) is 6.42 Å². The molecular formula is C21H20ClN3O2. The standard InChI is InChI=1S/C21H20ClN3O2/c1-27-19-7-5-18(6-8-19)25-20-14-16(10-12-23-20)21(26)24-11-9-15-3-2-4-17(22)13-15/h2-8,10,12-14H,9,11H2,1H3,(H,23,25)(H,24,26). The Morgan fingerprint density at radius 2 is 1.93 bits per heavy atom. The van der Waals surface area contributed by atoms with Crippen LogP contribution in [-0.4, -0.2) is 24.5 Å². The molecule has 1 heterocycles. The maximum absolute atomic E-state index is 12.4. The molecule has 0 aliphatic carbocycles. The quantitative estimate of drug-likeness (QED) is 0.634. The van der Waals surface area contributed by atoms with Gasteiger partial charge in [-0.15, -0.1) is 0 Å². The van der Waals surface area contributed by atoms with Gasteiger partial charge in [-0.2, -0.15) is 0 Å². The second-order valence-electron chi connectivity index (χ2n) is 5.92. The van der Waals surface area contributed by atoms with Crippen molar-refractivity contribution in [3.63, 3.8) is 0 Å². The van der Waals surface area contributed by atoms with Crippen LogP contribution >= 0.6 is 11.6 Å². The third-order valence-electron chi connectivity index (χ3n) is 3.97. The summed E-state index contributed by atoms with van der Waals surface area (Å²) in [6.45, 7) is 0.530. The van der Waals surface area contributed by atoms with Gasteiger partial charge in [0.15, 0.2) is 0 Å². The SMILES string of the molecule is COc1ccc(Nc2cc(C(=O)NCCc3cccc(Cl)c3)ccn2)cc1. The Labute approximate surface area is 163 Å². The second-order valence-corrected chi connectivity index (χ2v) is 6.36. The largest absolute Gasteiger partial charge is 0.497 e. The first-order valence-electron chi connectivity index (χ1n) is 8.54. The molecule has 0 saturated carbocycles. The molecule has 0 spiro atoms. The fourth-order valence-corrected chi connectivity index (χ4v) is 2.79. The van der Waals surface area contributed by atoms with E-state index in [1.807, 2.05) is 48.5 Å². The highest BCUT2D eigenvalue weighted by atomic mass is 35.5. The first kappa shape index (κ1) is 18.7. The van der Waals surface area contributed by atoms with Crippen molar-refractivity contribution in [2.24, 2.45) is 0 Å². The minimum Gasteiger partial charge on any atom is -0.497 e. The molecule has 0 aliphatic heterocycles.